The molecule has 0 aromatic rings. The van der Waals surface area contributed by atoms with Crippen molar-refractivity contribution in [3.63, 3.8) is 0 Å². The van der Waals surface area contributed by atoms with Crippen molar-refractivity contribution in [2.24, 2.45) is 17.6 Å². The molecule has 3 atom stereocenters. The molecule has 0 aromatic heterocycles. The zero-order valence-electron chi connectivity index (χ0n) is 7.49. The topological polar surface area (TPSA) is 63.3 Å². The summed E-state index contributed by atoms with van der Waals surface area (Å²) < 4.78 is 0. The van der Waals surface area contributed by atoms with E-state index in [1.807, 2.05) is 0 Å². The summed E-state index contributed by atoms with van der Waals surface area (Å²) >= 11 is 0. The Morgan fingerprint density at radius 3 is 2.58 bits per heavy atom. The van der Waals surface area contributed by atoms with Gasteiger partial charge in [-0.1, -0.05) is 19.8 Å². The van der Waals surface area contributed by atoms with Crippen molar-refractivity contribution >= 4 is 5.97 Å². The molecule has 0 radical (unpaired) electrons. The molecule has 0 heterocycles. The van der Waals surface area contributed by atoms with Crippen LogP contribution in [0, 0.1) is 11.8 Å². The van der Waals surface area contributed by atoms with E-state index in [0.29, 0.717) is 0 Å². The fourth-order valence-corrected chi connectivity index (χ4v) is 1.99. The van der Waals surface area contributed by atoms with E-state index in [0.717, 1.165) is 25.7 Å². The summed E-state index contributed by atoms with van der Waals surface area (Å²) in [4.78, 5) is 10.7. The van der Waals surface area contributed by atoms with Crippen LogP contribution in [0.5, 0.6) is 0 Å². The summed E-state index contributed by atoms with van der Waals surface area (Å²) in [5, 5.41) is 8.80. The molecule has 3 heteroatoms. The van der Waals surface area contributed by atoms with Gasteiger partial charge in [0.15, 0.2) is 0 Å². The molecule has 0 saturated heterocycles. The Hall–Kier alpha value is -0.570. The number of carbonyl (C=O) groups is 1. The van der Waals surface area contributed by atoms with E-state index in [9.17, 15) is 4.79 Å². The summed E-state index contributed by atoms with van der Waals surface area (Å²) in [5.41, 5.74) is 5.85. The van der Waals surface area contributed by atoms with E-state index in [-0.39, 0.29) is 17.9 Å². The zero-order chi connectivity index (χ0) is 9.14. The van der Waals surface area contributed by atoms with Crippen LogP contribution >= 0.6 is 0 Å². The summed E-state index contributed by atoms with van der Waals surface area (Å²) in [7, 11) is 0. The first-order valence-corrected chi connectivity index (χ1v) is 4.61. The number of hydrogen-bond donors (Lipinski definition) is 2. The number of nitrogens with two attached hydrogens (primary N) is 1. The van der Waals surface area contributed by atoms with Crippen LogP contribution in [0.4, 0.5) is 0 Å². The Bertz CT molecular complexity index is 170. The maximum absolute atomic E-state index is 10.7. The minimum atomic E-state index is -0.711. The predicted octanol–water partition coefficient (Wildman–Crippen LogP) is 1.22. The summed E-state index contributed by atoms with van der Waals surface area (Å²) in [6.07, 6.45) is 4.26. The molecule has 12 heavy (non-hydrogen) atoms. The fourth-order valence-electron chi connectivity index (χ4n) is 1.99. The van der Waals surface area contributed by atoms with Crippen LogP contribution in [-0.2, 0) is 4.79 Å². The number of carboxylic acid groups (broad SMARTS) is 1. The molecule has 1 aliphatic carbocycles. The molecule has 2 unspecified atom stereocenters. The van der Waals surface area contributed by atoms with Crippen LogP contribution in [0.3, 0.4) is 0 Å². The molecule has 1 rings (SSSR count). The summed E-state index contributed by atoms with van der Waals surface area (Å²) in [5.74, 6) is -0.797. The second-order valence-corrected chi connectivity index (χ2v) is 3.74. The van der Waals surface area contributed by atoms with Gasteiger partial charge in [0, 0.05) is 6.04 Å². The number of rotatable bonds is 2. The first kappa shape index (κ1) is 9.52. The molecule has 3 N–H and O–H groups in total. The first-order valence-electron chi connectivity index (χ1n) is 4.61. The molecule has 70 valence electrons. The van der Waals surface area contributed by atoms with Gasteiger partial charge in [0.05, 0.1) is 5.92 Å². The minimum absolute atomic E-state index is 0.102. The molecule has 0 amide bonds. The largest absolute Gasteiger partial charge is 0.481 e. The van der Waals surface area contributed by atoms with Gasteiger partial charge in [-0.3, -0.25) is 4.79 Å². The molecule has 0 bridgehead atoms. The molecular weight excluding hydrogens is 154 g/mol. The molecule has 0 aliphatic heterocycles. The van der Waals surface area contributed by atoms with Crippen molar-refractivity contribution in [2.75, 3.05) is 0 Å². The lowest BCUT2D eigenvalue weighted by atomic mass is 9.77. The quantitative estimate of drug-likeness (QED) is 0.656. The zero-order valence-corrected chi connectivity index (χ0v) is 7.49. The Balaban J connectivity index is 2.53. The average molecular weight is 171 g/mol. The van der Waals surface area contributed by atoms with Crippen LogP contribution in [0.25, 0.3) is 0 Å². The molecule has 0 spiro atoms. The Labute approximate surface area is 72.9 Å². The third-order valence-electron chi connectivity index (χ3n) is 2.91. The number of aliphatic carboxylic acids is 1. The normalized spacial score (nSPS) is 32.8. The monoisotopic (exact) mass is 171 g/mol. The van der Waals surface area contributed by atoms with Gasteiger partial charge in [-0.2, -0.15) is 0 Å². The van der Waals surface area contributed by atoms with E-state index in [1.54, 1.807) is 6.92 Å². The molecule has 3 nitrogen and oxygen atoms in total. The Kier molecular flexibility index (Phi) is 3.09. The van der Waals surface area contributed by atoms with Crippen LogP contribution in [-0.4, -0.2) is 17.1 Å². The number of carboxylic acids is 1. The van der Waals surface area contributed by atoms with Crippen molar-refractivity contribution in [3.05, 3.63) is 0 Å². The van der Waals surface area contributed by atoms with E-state index in [2.05, 4.69) is 0 Å². The van der Waals surface area contributed by atoms with Crippen molar-refractivity contribution in [2.45, 2.75) is 38.6 Å². The van der Waals surface area contributed by atoms with Gasteiger partial charge in [0.1, 0.15) is 0 Å². The first-order chi connectivity index (χ1) is 5.63. The second kappa shape index (κ2) is 3.90. The highest BCUT2D eigenvalue weighted by molar-refractivity contribution is 5.70. The molecule has 1 aliphatic rings. The minimum Gasteiger partial charge on any atom is -0.481 e. The fraction of sp³-hybridized carbons (Fsp3) is 0.889. The van der Waals surface area contributed by atoms with Gasteiger partial charge in [-0.25, -0.2) is 0 Å². The molecule has 0 aromatic carbocycles. The Morgan fingerprint density at radius 1 is 1.50 bits per heavy atom. The summed E-state index contributed by atoms with van der Waals surface area (Å²) in [6, 6.07) is 0.102. The van der Waals surface area contributed by atoms with Crippen molar-refractivity contribution in [1.82, 2.24) is 0 Å². The van der Waals surface area contributed by atoms with Crippen molar-refractivity contribution in [3.8, 4) is 0 Å². The van der Waals surface area contributed by atoms with E-state index in [1.165, 1.54) is 0 Å². The molecule has 1 fully saturated rings. The smallest absolute Gasteiger partial charge is 0.306 e. The van der Waals surface area contributed by atoms with Gasteiger partial charge < -0.3 is 10.8 Å². The predicted molar refractivity (Wildman–Crippen MR) is 46.7 cm³/mol. The van der Waals surface area contributed by atoms with Crippen molar-refractivity contribution < 1.29 is 9.90 Å². The highest BCUT2D eigenvalue weighted by Gasteiger charge is 2.30. The molecular formula is C9H17NO2. The summed E-state index contributed by atoms with van der Waals surface area (Å²) in [6.45, 7) is 1.76. The van der Waals surface area contributed by atoms with Crippen LogP contribution < -0.4 is 5.73 Å². The highest BCUT2D eigenvalue weighted by Crippen LogP contribution is 2.29. The maximum atomic E-state index is 10.7. The maximum Gasteiger partial charge on any atom is 0.306 e. The van der Waals surface area contributed by atoms with E-state index in [4.69, 9.17) is 10.8 Å². The third kappa shape index (κ3) is 1.97. The lowest BCUT2D eigenvalue weighted by Gasteiger charge is -2.31. The van der Waals surface area contributed by atoms with Crippen molar-refractivity contribution in [1.29, 1.82) is 0 Å². The lowest BCUT2D eigenvalue weighted by molar-refractivity contribution is -0.143. The third-order valence-corrected chi connectivity index (χ3v) is 2.91. The number of hydrogen-bond acceptors (Lipinski definition) is 2. The van der Waals surface area contributed by atoms with Gasteiger partial charge in [0.2, 0.25) is 0 Å². The van der Waals surface area contributed by atoms with Crippen LogP contribution in [0.2, 0.25) is 0 Å². The Morgan fingerprint density at radius 2 is 2.08 bits per heavy atom. The van der Waals surface area contributed by atoms with E-state index >= 15 is 0 Å². The van der Waals surface area contributed by atoms with Gasteiger partial charge in [0.25, 0.3) is 0 Å². The van der Waals surface area contributed by atoms with Crippen LogP contribution in [0.15, 0.2) is 0 Å². The highest BCUT2D eigenvalue weighted by atomic mass is 16.4. The lowest BCUT2D eigenvalue weighted by Crippen LogP contribution is -2.39. The molecule has 1 saturated carbocycles. The SMILES string of the molecule is C[C@H](C(=O)O)C1CCCCC1N. The van der Waals surface area contributed by atoms with Gasteiger partial charge in [-0.05, 0) is 18.8 Å². The van der Waals surface area contributed by atoms with Gasteiger partial charge >= 0.3 is 5.97 Å². The van der Waals surface area contributed by atoms with Crippen LogP contribution in [0.1, 0.15) is 32.6 Å². The average Bonchev–Trinajstić information content (AvgIpc) is 2.04. The van der Waals surface area contributed by atoms with Gasteiger partial charge in [-0.15, -0.1) is 0 Å². The van der Waals surface area contributed by atoms with E-state index < -0.39 is 5.97 Å². The standard InChI is InChI=1S/C9H17NO2/c1-6(9(11)12)7-4-2-3-5-8(7)10/h6-8H,2-5,10H2,1H3,(H,11,12)/t6-,7?,8?/m0/s1. The second-order valence-electron chi connectivity index (χ2n) is 3.74.